The molecule has 0 bridgehead atoms. The molecular formula is C14H21N5O. The average molecular weight is 275 g/mol. The lowest BCUT2D eigenvalue weighted by molar-refractivity contribution is 0.109. The summed E-state index contributed by atoms with van der Waals surface area (Å²) >= 11 is 0. The molecule has 2 saturated heterocycles. The molecule has 1 aromatic rings. The van der Waals surface area contributed by atoms with E-state index in [0.29, 0.717) is 12.6 Å². The van der Waals surface area contributed by atoms with Gasteiger partial charge in [-0.25, -0.2) is 4.98 Å². The van der Waals surface area contributed by atoms with E-state index in [0.717, 1.165) is 55.0 Å². The number of anilines is 2. The van der Waals surface area contributed by atoms with E-state index >= 15 is 0 Å². The van der Waals surface area contributed by atoms with Gasteiger partial charge in [0.1, 0.15) is 5.82 Å². The van der Waals surface area contributed by atoms with Crippen molar-refractivity contribution in [3.8, 4) is 0 Å². The molecule has 4 rings (SSSR count). The summed E-state index contributed by atoms with van der Waals surface area (Å²) < 4.78 is 5.59. The van der Waals surface area contributed by atoms with Gasteiger partial charge in [0.15, 0.2) is 0 Å². The highest BCUT2D eigenvalue weighted by molar-refractivity contribution is 5.53. The molecule has 4 heterocycles. The maximum Gasteiger partial charge on any atom is 0.222 e. The summed E-state index contributed by atoms with van der Waals surface area (Å²) in [6.45, 7) is 5.91. The van der Waals surface area contributed by atoms with Crippen molar-refractivity contribution in [1.82, 2.24) is 14.9 Å². The third kappa shape index (κ3) is 1.94. The van der Waals surface area contributed by atoms with Crippen LogP contribution in [-0.2, 0) is 17.8 Å². The number of aromatic nitrogens is 2. The van der Waals surface area contributed by atoms with Crippen LogP contribution in [0.1, 0.15) is 11.3 Å². The van der Waals surface area contributed by atoms with Crippen LogP contribution in [-0.4, -0.2) is 54.7 Å². The first kappa shape index (κ1) is 12.3. The zero-order valence-corrected chi connectivity index (χ0v) is 11.9. The van der Waals surface area contributed by atoms with E-state index in [1.54, 1.807) is 0 Å². The van der Waals surface area contributed by atoms with Crippen molar-refractivity contribution in [2.75, 3.05) is 50.5 Å². The van der Waals surface area contributed by atoms with Crippen LogP contribution in [0.25, 0.3) is 0 Å². The molecule has 0 spiro atoms. The van der Waals surface area contributed by atoms with Gasteiger partial charge in [-0.05, 0) is 18.9 Å². The third-order valence-electron chi connectivity index (χ3n) is 4.79. The highest BCUT2D eigenvalue weighted by Gasteiger charge is 2.40. The predicted octanol–water partition coefficient (Wildman–Crippen LogP) is 0.129. The van der Waals surface area contributed by atoms with Gasteiger partial charge >= 0.3 is 0 Å². The zero-order valence-electron chi connectivity index (χ0n) is 11.9. The molecule has 2 atom stereocenters. The Morgan fingerprint density at radius 1 is 1.15 bits per heavy atom. The zero-order chi connectivity index (χ0) is 13.7. The monoisotopic (exact) mass is 275 g/mol. The maximum atomic E-state index is 5.89. The minimum atomic E-state index is 0.398. The number of nitrogens with zero attached hydrogens (tertiary/aromatic N) is 4. The van der Waals surface area contributed by atoms with Gasteiger partial charge in [0.05, 0.1) is 18.9 Å². The SMILES string of the molecule is CN1CC2CN(c3nc(N)nc4c3COCC4)CC2C1. The van der Waals surface area contributed by atoms with Crippen LogP contribution < -0.4 is 10.6 Å². The predicted molar refractivity (Wildman–Crippen MR) is 76.5 cm³/mol. The molecule has 0 radical (unpaired) electrons. The van der Waals surface area contributed by atoms with Crippen molar-refractivity contribution in [3.63, 3.8) is 0 Å². The summed E-state index contributed by atoms with van der Waals surface area (Å²) in [7, 11) is 2.21. The van der Waals surface area contributed by atoms with Crippen LogP contribution in [0.15, 0.2) is 0 Å². The van der Waals surface area contributed by atoms with Gasteiger partial charge in [-0.15, -0.1) is 0 Å². The number of ether oxygens (including phenoxy) is 1. The lowest BCUT2D eigenvalue weighted by atomic mass is 10.0. The van der Waals surface area contributed by atoms with E-state index in [2.05, 4.69) is 26.8 Å². The van der Waals surface area contributed by atoms with Crippen molar-refractivity contribution in [1.29, 1.82) is 0 Å². The Morgan fingerprint density at radius 2 is 1.90 bits per heavy atom. The van der Waals surface area contributed by atoms with Crippen LogP contribution in [0, 0.1) is 11.8 Å². The fourth-order valence-electron chi connectivity index (χ4n) is 3.90. The Morgan fingerprint density at radius 3 is 2.65 bits per heavy atom. The Balaban J connectivity index is 1.65. The van der Waals surface area contributed by atoms with Crippen LogP contribution >= 0.6 is 0 Å². The number of rotatable bonds is 1. The van der Waals surface area contributed by atoms with Gasteiger partial charge in [0.2, 0.25) is 5.95 Å². The van der Waals surface area contributed by atoms with Crippen LogP contribution in [0.2, 0.25) is 0 Å². The smallest absolute Gasteiger partial charge is 0.222 e. The minimum Gasteiger partial charge on any atom is -0.376 e. The molecule has 0 amide bonds. The Hall–Kier alpha value is -1.40. The fraction of sp³-hybridized carbons (Fsp3) is 0.714. The quantitative estimate of drug-likeness (QED) is 0.786. The lowest BCUT2D eigenvalue weighted by Gasteiger charge is -2.26. The summed E-state index contributed by atoms with van der Waals surface area (Å²) in [6, 6.07) is 0. The van der Waals surface area contributed by atoms with Crippen molar-refractivity contribution >= 4 is 11.8 Å². The van der Waals surface area contributed by atoms with E-state index in [1.165, 1.54) is 13.1 Å². The van der Waals surface area contributed by atoms with E-state index < -0.39 is 0 Å². The first-order valence-corrected chi connectivity index (χ1v) is 7.37. The van der Waals surface area contributed by atoms with Gasteiger partial charge < -0.3 is 20.3 Å². The lowest BCUT2D eigenvalue weighted by Crippen LogP contribution is -2.30. The van der Waals surface area contributed by atoms with Gasteiger partial charge in [-0.3, -0.25) is 0 Å². The molecule has 3 aliphatic rings. The van der Waals surface area contributed by atoms with Gasteiger partial charge in [0, 0.05) is 38.2 Å². The summed E-state index contributed by atoms with van der Waals surface area (Å²) in [5.74, 6) is 2.94. The number of fused-ring (bicyclic) bond motifs is 2. The first-order valence-electron chi connectivity index (χ1n) is 7.37. The van der Waals surface area contributed by atoms with Gasteiger partial charge in [-0.1, -0.05) is 0 Å². The highest BCUT2D eigenvalue weighted by Crippen LogP contribution is 2.35. The molecule has 3 aliphatic heterocycles. The molecule has 2 fully saturated rings. The van der Waals surface area contributed by atoms with Gasteiger partial charge in [-0.2, -0.15) is 4.98 Å². The van der Waals surface area contributed by atoms with Crippen LogP contribution in [0.3, 0.4) is 0 Å². The van der Waals surface area contributed by atoms with E-state index in [1.807, 2.05) is 0 Å². The Kier molecular flexibility index (Phi) is 2.82. The number of hydrogen-bond acceptors (Lipinski definition) is 6. The summed E-state index contributed by atoms with van der Waals surface area (Å²) in [6.07, 6.45) is 0.846. The molecule has 0 aromatic carbocycles. The minimum absolute atomic E-state index is 0.398. The van der Waals surface area contributed by atoms with Crippen molar-refractivity contribution in [2.45, 2.75) is 13.0 Å². The van der Waals surface area contributed by atoms with E-state index in [-0.39, 0.29) is 0 Å². The summed E-state index contributed by atoms with van der Waals surface area (Å²) in [4.78, 5) is 13.7. The van der Waals surface area contributed by atoms with Crippen molar-refractivity contribution in [2.24, 2.45) is 11.8 Å². The molecule has 0 saturated carbocycles. The molecule has 2 unspecified atom stereocenters. The number of likely N-dealkylation sites (tertiary alicyclic amines) is 1. The topological polar surface area (TPSA) is 67.5 Å². The van der Waals surface area contributed by atoms with Crippen LogP contribution in [0.4, 0.5) is 11.8 Å². The normalized spacial score (nSPS) is 29.6. The molecule has 1 aromatic heterocycles. The Labute approximate surface area is 118 Å². The van der Waals surface area contributed by atoms with E-state index in [4.69, 9.17) is 10.5 Å². The van der Waals surface area contributed by atoms with Crippen molar-refractivity contribution in [3.05, 3.63) is 11.3 Å². The molecule has 6 heteroatoms. The fourth-order valence-corrected chi connectivity index (χ4v) is 3.90. The van der Waals surface area contributed by atoms with Crippen LogP contribution in [0.5, 0.6) is 0 Å². The van der Waals surface area contributed by atoms with Gasteiger partial charge in [0.25, 0.3) is 0 Å². The molecule has 20 heavy (non-hydrogen) atoms. The Bertz CT molecular complexity index is 521. The third-order valence-corrected chi connectivity index (χ3v) is 4.79. The average Bonchev–Trinajstić information content (AvgIpc) is 2.94. The largest absolute Gasteiger partial charge is 0.376 e. The first-order chi connectivity index (χ1) is 9.70. The number of hydrogen-bond donors (Lipinski definition) is 1. The second-order valence-corrected chi connectivity index (χ2v) is 6.28. The second-order valence-electron chi connectivity index (χ2n) is 6.28. The standard InChI is InChI=1S/C14H21N5O/c1-18-4-9-6-19(7-10(9)5-18)13-11-8-20-3-2-12(11)16-14(15)17-13/h9-10H,2-8H2,1H3,(H2,15,16,17). The summed E-state index contributed by atoms with van der Waals surface area (Å²) in [5.41, 5.74) is 8.12. The van der Waals surface area contributed by atoms with E-state index in [9.17, 15) is 0 Å². The maximum absolute atomic E-state index is 5.89. The molecule has 6 nitrogen and oxygen atoms in total. The molecule has 108 valence electrons. The second kappa shape index (κ2) is 4.56. The molecule has 0 aliphatic carbocycles. The molecular weight excluding hydrogens is 254 g/mol. The highest BCUT2D eigenvalue weighted by atomic mass is 16.5. The summed E-state index contributed by atoms with van der Waals surface area (Å²) in [5, 5.41) is 0. The number of nitrogen functional groups attached to an aromatic ring is 1. The van der Waals surface area contributed by atoms with Crippen molar-refractivity contribution < 1.29 is 4.74 Å². The molecule has 2 N–H and O–H groups in total. The number of nitrogens with two attached hydrogens (primary N) is 1.